The lowest BCUT2D eigenvalue weighted by molar-refractivity contribution is -0.142. The molecule has 0 unspecified atom stereocenters. The van der Waals surface area contributed by atoms with Crippen LogP contribution < -0.4 is 5.32 Å². The quantitative estimate of drug-likeness (QED) is 0.794. The number of amides is 2. The lowest BCUT2D eigenvalue weighted by Crippen LogP contribution is -2.34. The van der Waals surface area contributed by atoms with Gasteiger partial charge >= 0.3 is 12.0 Å². The molecule has 2 aromatic carbocycles. The fourth-order valence-electron chi connectivity index (χ4n) is 3.51. The molecule has 1 heterocycles. The summed E-state index contributed by atoms with van der Waals surface area (Å²) in [7, 11) is 0. The van der Waals surface area contributed by atoms with Gasteiger partial charge in [-0.15, -0.1) is 0 Å². The molecule has 0 saturated carbocycles. The lowest BCUT2D eigenvalue weighted by Gasteiger charge is -2.25. The Labute approximate surface area is 160 Å². The highest BCUT2D eigenvalue weighted by atomic mass is 16.5. The van der Waals surface area contributed by atoms with Gasteiger partial charge in [0.25, 0.3) is 0 Å². The van der Waals surface area contributed by atoms with Crippen molar-refractivity contribution in [3.63, 3.8) is 0 Å². The summed E-state index contributed by atoms with van der Waals surface area (Å²) in [5.41, 5.74) is 3.98. The van der Waals surface area contributed by atoms with Gasteiger partial charge in [-0.25, -0.2) is 4.79 Å². The van der Waals surface area contributed by atoms with Gasteiger partial charge in [-0.2, -0.15) is 0 Å². The van der Waals surface area contributed by atoms with E-state index < -0.39 is 0 Å². The van der Waals surface area contributed by atoms with Gasteiger partial charge in [-0.3, -0.25) is 4.79 Å². The highest BCUT2D eigenvalue weighted by molar-refractivity contribution is 5.90. The van der Waals surface area contributed by atoms with E-state index >= 15 is 0 Å². The molecule has 1 atom stereocenters. The summed E-state index contributed by atoms with van der Waals surface area (Å²) in [6, 6.07) is 15.7. The van der Waals surface area contributed by atoms with Crippen LogP contribution in [0, 0.1) is 6.92 Å². The normalized spacial score (nSPS) is 16.2. The molecule has 3 rings (SSSR count). The number of nitrogens with zero attached hydrogens (tertiary/aromatic N) is 1. The van der Waals surface area contributed by atoms with Gasteiger partial charge in [0.2, 0.25) is 0 Å². The average molecular weight is 366 g/mol. The van der Waals surface area contributed by atoms with Crippen molar-refractivity contribution in [2.75, 3.05) is 18.5 Å². The molecule has 0 radical (unpaired) electrons. The maximum atomic E-state index is 12.8. The summed E-state index contributed by atoms with van der Waals surface area (Å²) >= 11 is 0. The van der Waals surface area contributed by atoms with Crippen molar-refractivity contribution in [1.82, 2.24) is 4.90 Å². The van der Waals surface area contributed by atoms with E-state index in [9.17, 15) is 9.59 Å². The zero-order chi connectivity index (χ0) is 19.2. The molecule has 1 fully saturated rings. The van der Waals surface area contributed by atoms with Gasteiger partial charge < -0.3 is 15.0 Å². The molecule has 0 aromatic heterocycles. The number of hydrogen-bond donors (Lipinski definition) is 1. The van der Waals surface area contributed by atoms with Gasteiger partial charge in [0.05, 0.1) is 19.1 Å². The van der Waals surface area contributed by atoms with Crippen LogP contribution in [-0.4, -0.2) is 30.1 Å². The maximum Gasteiger partial charge on any atom is 0.322 e. The predicted molar refractivity (Wildman–Crippen MR) is 106 cm³/mol. The second-order valence-electron chi connectivity index (χ2n) is 6.87. The topological polar surface area (TPSA) is 58.6 Å². The minimum Gasteiger partial charge on any atom is -0.466 e. The predicted octanol–water partition coefficient (Wildman–Crippen LogP) is 4.47. The molecule has 0 spiro atoms. The molecule has 1 aliphatic heterocycles. The van der Waals surface area contributed by atoms with Crippen LogP contribution in [0.25, 0.3) is 0 Å². The van der Waals surface area contributed by atoms with Crippen LogP contribution in [-0.2, 0) is 16.0 Å². The Kier molecular flexibility index (Phi) is 6.12. The molecule has 1 N–H and O–H groups in total. The van der Waals surface area contributed by atoms with Crippen molar-refractivity contribution in [3.8, 4) is 0 Å². The molecular weight excluding hydrogens is 340 g/mol. The lowest BCUT2D eigenvalue weighted by atomic mass is 10.0. The van der Waals surface area contributed by atoms with E-state index in [0.29, 0.717) is 6.61 Å². The SMILES string of the molecule is CCOC(=O)Cc1ccc(NC(=O)N2CCC[C@H]2c2cccc(C)c2)cc1. The largest absolute Gasteiger partial charge is 0.466 e. The Bertz CT molecular complexity index is 801. The van der Waals surface area contributed by atoms with Crippen molar-refractivity contribution in [1.29, 1.82) is 0 Å². The highest BCUT2D eigenvalue weighted by Crippen LogP contribution is 2.32. The minimum atomic E-state index is -0.243. The highest BCUT2D eigenvalue weighted by Gasteiger charge is 2.30. The summed E-state index contributed by atoms with van der Waals surface area (Å²) in [5, 5.41) is 2.97. The first-order valence-electron chi connectivity index (χ1n) is 9.45. The van der Waals surface area contributed by atoms with E-state index in [4.69, 9.17) is 4.74 Å². The Morgan fingerprint density at radius 3 is 2.67 bits per heavy atom. The maximum absolute atomic E-state index is 12.8. The second-order valence-corrected chi connectivity index (χ2v) is 6.87. The number of ether oxygens (including phenoxy) is 1. The number of rotatable bonds is 5. The molecule has 0 bridgehead atoms. The van der Waals surface area contributed by atoms with Crippen molar-refractivity contribution >= 4 is 17.7 Å². The third kappa shape index (κ3) is 4.88. The Hall–Kier alpha value is -2.82. The number of carbonyl (C=O) groups excluding carboxylic acids is 2. The standard InChI is InChI=1S/C22H26N2O3/c1-3-27-21(25)15-17-9-11-19(12-10-17)23-22(26)24-13-5-8-20(24)18-7-4-6-16(2)14-18/h4,6-7,9-12,14,20H,3,5,8,13,15H2,1-2H3,(H,23,26)/t20-/m0/s1. The summed E-state index contributed by atoms with van der Waals surface area (Å²) in [4.78, 5) is 26.2. The van der Waals surface area contributed by atoms with Crippen molar-refractivity contribution in [3.05, 3.63) is 65.2 Å². The Morgan fingerprint density at radius 2 is 1.96 bits per heavy atom. The molecule has 2 amide bonds. The second kappa shape index (κ2) is 8.71. The Balaban J connectivity index is 1.63. The van der Waals surface area contributed by atoms with E-state index in [1.54, 1.807) is 6.92 Å². The molecule has 27 heavy (non-hydrogen) atoms. The van der Waals surface area contributed by atoms with Crippen molar-refractivity contribution < 1.29 is 14.3 Å². The molecule has 142 valence electrons. The number of anilines is 1. The van der Waals surface area contributed by atoms with Crippen LogP contribution in [0.2, 0.25) is 0 Å². The van der Waals surface area contributed by atoms with E-state index in [-0.39, 0.29) is 24.5 Å². The van der Waals surface area contributed by atoms with Crippen LogP contribution in [0.1, 0.15) is 42.5 Å². The first-order valence-corrected chi connectivity index (χ1v) is 9.45. The summed E-state index contributed by atoms with van der Waals surface area (Å²) in [6.07, 6.45) is 2.23. The summed E-state index contributed by atoms with van der Waals surface area (Å²) in [5.74, 6) is -0.243. The van der Waals surface area contributed by atoms with Gasteiger partial charge in [0, 0.05) is 12.2 Å². The van der Waals surface area contributed by atoms with Crippen LogP contribution in [0.4, 0.5) is 10.5 Å². The van der Waals surface area contributed by atoms with E-state index in [1.807, 2.05) is 35.2 Å². The molecule has 5 nitrogen and oxygen atoms in total. The molecule has 5 heteroatoms. The first-order chi connectivity index (χ1) is 13.1. The van der Waals surface area contributed by atoms with Gasteiger partial charge in [-0.05, 0) is 49.9 Å². The van der Waals surface area contributed by atoms with Crippen LogP contribution in [0.3, 0.4) is 0 Å². The first kappa shape index (κ1) is 19.0. The van der Waals surface area contributed by atoms with E-state index in [1.165, 1.54) is 11.1 Å². The smallest absolute Gasteiger partial charge is 0.322 e. The summed E-state index contributed by atoms with van der Waals surface area (Å²) < 4.78 is 4.95. The number of hydrogen-bond acceptors (Lipinski definition) is 3. The number of esters is 1. The number of nitrogens with one attached hydrogen (secondary N) is 1. The Morgan fingerprint density at radius 1 is 1.19 bits per heavy atom. The van der Waals surface area contributed by atoms with Crippen LogP contribution in [0.5, 0.6) is 0 Å². The number of likely N-dealkylation sites (tertiary alicyclic amines) is 1. The van der Waals surface area contributed by atoms with E-state index in [0.717, 1.165) is 30.6 Å². The third-order valence-electron chi connectivity index (χ3n) is 4.80. The van der Waals surface area contributed by atoms with Gasteiger partial charge in [-0.1, -0.05) is 42.0 Å². The number of benzene rings is 2. The minimum absolute atomic E-state index is 0.0860. The average Bonchev–Trinajstić information content (AvgIpc) is 3.13. The number of aryl methyl sites for hydroxylation is 1. The van der Waals surface area contributed by atoms with Gasteiger partial charge in [0.1, 0.15) is 0 Å². The molecule has 0 aliphatic carbocycles. The zero-order valence-electron chi connectivity index (χ0n) is 15.9. The monoisotopic (exact) mass is 366 g/mol. The van der Waals surface area contributed by atoms with Gasteiger partial charge in [0.15, 0.2) is 0 Å². The van der Waals surface area contributed by atoms with Crippen molar-refractivity contribution in [2.45, 2.75) is 39.2 Å². The molecular formula is C22H26N2O3. The fraction of sp³-hybridized carbons (Fsp3) is 0.364. The van der Waals surface area contributed by atoms with Crippen LogP contribution >= 0.6 is 0 Å². The molecule has 1 aliphatic rings. The molecule has 1 saturated heterocycles. The van der Waals surface area contributed by atoms with Crippen LogP contribution in [0.15, 0.2) is 48.5 Å². The zero-order valence-corrected chi connectivity index (χ0v) is 15.9. The third-order valence-corrected chi connectivity index (χ3v) is 4.80. The van der Waals surface area contributed by atoms with E-state index in [2.05, 4.69) is 30.4 Å². The number of urea groups is 1. The fourth-order valence-corrected chi connectivity index (χ4v) is 3.51. The van der Waals surface area contributed by atoms with Crippen molar-refractivity contribution in [2.24, 2.45) is 0 Å². The number of carbonyl (C=O) groups is 2. The molecule has 2 aromatic rings. The summed E-state index contributed by atoms with van der Waals surface area (Å²) in [6.45, 7) is 5.00.